The van der Waals surface area contributed by atoms with Gasteiger partial charge in [0.1, 0.15) is 0 Å². The molecule has 226 valence electrons. The van der Waals surface area contributed by atoms with Gasteiger partial charge in [0, 0.05) is 22.1 Å². The van der Waals surface area contributed by atoms with Crippen LogP contribution in [0.5, 0.6) is 0 Å². The number of fused-ring (bicyclic) bond motifs is 1. The van der Waals surface area contributed by atoms with E-state index in [0.717, 1.165) is 27.8 Å². The smallest absolute Gasteiger partial charge is 0.164 e. The number of nitrogens with zero attached hydrogens (tertiary/aromatic N) is 3. The van der Waals surface area contributed by atoms with Crippen molar-refractivity contribution in [2.24, 2.45) is 0 Å². The highest BCUT2D eigenvalue weighted by Crippen LogP contribution is 2.43. The van der Waals surface area contributed by atoms with E-state index in [2.05, 4.69) is 124 Å². The van der Waals surface area contributed by atoms with Crippen LogP contribution in [0.4, 0.5) is 0 Å². The highest BCUT2D eigenvalue weighted by Gasteiger charge is 2.29. The zero-order chi connectivity index (χ0) is 32.4. The van der Waals surface area contributed by atoms with Gasteiger partial charge in [-0.3, -0.25) is 0 Å². The number of rotatable bonds is 8. The van der Waals surface area contributed by atoms with Crippen molar-refractivity contribution in [3.63, 3.8) is 0 Å². The molecule has 0 radical (unpaired) electrons. The van der Waals surface area contributed by atoms with Crippen LogP contribution in [0.1, 0.15) is 36.4 Å². The molecule has 0 N–H and O–H groups in total. The maximum atomic E-state index is 4.91. The van der Waals surface area contributed by atoms with E-state index in [-0.39, 0.29) is 5.41 Å². The van der Waals surface area contributed by atoms with Crippen LogP contribution in [0, 0.1) is 0 Å². The molecule has 0 aliphatic heterocycles. The topological polar surface area (TPSA) is 38.7 Å². The normalized spacial score (nSPS) is 13.5. The predicted octanol–water partition coefficient (Wildman–Crippen LogP) is 11.0. The van der Waals surface area contributed by atoms with Gasteiger partial charge >= 0.3 is 0 Å². The first-order valence-corrected chi connectivity index (χ1v) is 15.8. The van der Waals surface area contributed by atoms with Crippen LogP contribution in [0.3, 0.4) is 0 Å². The Morgan fingerprint density at radius 3 is 1.70 bits per heavy atom. The average molecular weight is 606 g/mol. The van der Waals surface area contributed by atoms with Crippen LogP contribution < -0.4 is 0 Å². The molecule has 0 atom stereocenters. The van der Waals surface area contributed by atoms with Gasteiger partial charge in [-0.05, 0) is 62.7 Å². The molecule has 5 aromatic carbocycles. The van der Waals surface area contributed by atoms with Gasteiger partial charge < -0.3 is 0 Å². The predicted molar refractivity (Wildman–Crippen MR) is 196 cm³/mol. The van der Waals surface area contributed by atoms with Gasteiger partial charge in [0.15, 0.2) is 17.5 Å². The molecule has 0 saturated heterocycles. The summed E-state index contributed by atoms with van der Waals surface area (Å²) in [6.07, 6.45) is 7.73. The highest BCUT2D eigenvalue weighted by molar-refractivity contribution is 5.88. The molecule has 0 saturated carbocycles. The minimum Gasteiger partial charge on any atom is -0.208 e. The van der Waals surface area contributed by atoms with Crippen molar-refractivity contribution < 1.29 is 0 Å². The number of benzene rings is 5. The van der Waals surface area contributed by atoms with E-state index in [9.17, 15) is 0 Å². The van der Waals surface area contributed by atoms with E-state index in [1.54, 1.807) is 12.2 Å². The van der Waals surface area contributed by atoms with Gasteiger partial charge in [0.05, 0.1) is 0 Å². The lowest BCUT2D eigenvalue weighted by molar-refractivity contribution is 0.683. The lowest BCUT2D eigenvalue weighted by Crippen LogP contribution is -2.10. The molecule has 47 heavy (non-hydrogen) atoms. The molecular formula is C44H35N3. The average Bonchev–Trinajstić information content (AvgIpc) is 3.41. The number of hydrogen-bond donors (Lipinski definition) is 0. The maximum absolute atomic E-state index is 4.91. The van der Waals surface area contributed by atoms with Gasteiger partial charge in [0.25, 0.3) is 0 Å². The van der Waals surface area contributed by atoms with E-state index >= 15 is 0 Å². The molecule has 3 nitrogen and oxygen atoms in total. The minimum absolute atomic E-state index is 0.00319. The van der Waals surface area contributed by atoms with Crippen LogP contribution >= 0.6 is 0 Å². The molecule has 3 heteroatoms. The first-order chi connectivity index (χ1) is 22.9. The molecule has 1 aliphatic rings. The van der Waals surface area contributed by atoms with E-state index in [1.807, 2.05) is 42.5 Å². The van der Waals surface area contributed by atoms with Crippen molar-refractivity contribution in [2.75, 3.05) is 0 Å². The van der Waals surface area contributed by atoms with Crippen LogP contribution in [0.2, 0.25) is 0 Å². The first-order valence-electron chi connectivity index (χ1n) is 15.8. The van der Waals surface area contributed by atoms with E-state index in [1.165, 1.54) is 33.4 Å². The molecular weight excluding hydrogens is 571 g/mol. The summed E-state index contributed by atoms with van der Waals surface area (Å²) in [7, 11) is 0. The molecule has 0 fully saturated rings. The fourth-order valence-corrected chi connectivity index (χ4v) is 6.33. The maximum Gasteiger partial charge on any atom is 0.164 e. The molecule has 0 bridgehead atoms. The standard InChI is InChI=1S/C44H35N3/c1-5-15-30(6-2)41-45-42(31-16-8-7-9-17-31)47-43(46-41)37-23-14-21-35(28-37)33-19-12-18-32(26-33)34-20-13-22-36(27-34)39-29-44(3,4)40-25-11-10-24-38(39)40/h5-29H,1-2H2,3-4H3/b30-15+. The Morgan fingerprint density at radius 1 is 0.553 bits per heavy atom. The van der Waals surface area contributed by atoms with Crippen LogP contribution in [0.15, 0.2) is 165 Å². The Kier molecular flexibility index (Phi) is 7.89. The molecule has 1 aliphatic carbocycles. The Balaban J connectivity index is 1.26. The Bertz CT molecular complexity index is 2200. The molecule has 7 rings (SSSR count). The Hall–Kier alpha value is -5.93. The van der Waals surface area contributed by atoms with E-state index in [4.69, 9.17) is 15.0 Å². The second-order valence-corrected chi connectivity index (χ2v) is 12.3. The molecule has 1 heterocycles. The van der Waals surface area contributed by atoms with Crippen molar-refractivity contribution in [2.45, 2.75) is 19.3 Å². The molecule has 0 spiro atoms. The summed E-state index contributed by atoms with van der Waals surface area (Å²) in [4.78, 5) is 14.6. The second kappa shape index (κ2) is 12.5. The molecule has 6 aromatic rings. The fourth-order valence-electron chi connectivity index (χ4n) is 6.33. The van der Waals surface area contributed by atoms with Crippen molar-refractivity contribution in [1.82, 2.24) is 15.0 Å². The lowest BCUT2D eigenvalue weighted by atomic mass is 9.87. The number of hydrogen-bond acceptors (Lipinski definition) is 3. The van der Waals surface area contributed by atoms with Crippen LogP contribution in [-0.2, 0) is 5.41 Å². The molecule has 0 unspecified atom stereocenters. The summed E-state index contributed by atoms with van der Waals surface area (Å²) >= 11 is 0. The summed E-state index contributed by atoms with van der Waals surface area (Å²) in [5.41, 5.74) is 12.4. The summed E-state index contributed by atoms with van der Waals surface area (Å²) < 4.78 is 0. The fraction of sp³-hybridized carbons (Fsp3) is 0.0682. The summed E-state index contributed by atoms with van der Waals surface area (Å²) in [5.74, 6) is 1.77. The van der Waals surface area contributed by atoms with E-state index < -0.39 is 0 Å². The van der Waals surface area contributed by atoms with Crippen LogP contribution in [-0.4, -0.2) is 15.0 Å². The number of allylic oxidation sites excluding steroid dienone is 5. The largest absolute Gasteiger partial charge is 0.208 e. The summed E-state index contributed by atoms with van der Waals surface area (Å²) in [6.45, 7) is 12.4. The molecule has 0 amide bonds. The Morgan fingerprint density at radius 2 is 1.06 bits per heavy atom. The lowest BCUT2D eigenvalue weighted by Gasteiger charge is -2.16. The number of aromatic nitrogens is 3. The van der Waals surface area contributed by atoms with Gasteiger partial charge in [-0.1, -0.05) is 161 Å². The van der Waals surface area contributed by atoms with Crippen molar-refractivity contribution >= 4 is 11.1 Å². The zero-order valence-electron chi connectivity index (χ0n) is 26.7. The van der Waals surface area contributed by atoms with Gasteiger partial charge in [-0.25, -0.2) is 15.0 Å². The van der Waals surface area contributed by atoms with Crippen molar-refractivity contribution in [3.05, 3.63) is 187 Å². The quantitative estimate of drug-likeness (QED) is 0.162. The van der Waals surface area contributed by atoms with Gasteiger partial charge in [0.2, 0.25) is 0 Å². The third-order valence-corrected chi connectivity index (χ3v) is 8.68. The SMILES string of the molecule is C=C/C=C(\C=C)c1nc(-c2ccccc2)nc(-c2cccc(-c3cccc(-c4cccc(C5=CC(C)(C)c6ccccc65)c4)c3)c2)n1. The van der Waals surface area contributed by atoms with Gasteiger partial charge in [-0.15, -0.1) is 0 Å². The minimum atomic E-state index is 0.00319. The third-order valence-electron chi connectivity index (χ3n) is 8.68. The monoisotopic (exact) mass is 605 g/mol. The zero-order valence-corrected chi connectivity index (χ0v) is 26.7. The molecule has 1 aromatic heterocycles. The third kappa shape index (κ3) is 5.92. The summed E-state index contributed by atoms with van der Waals surface area (Å²) in [5, 5.41) is 0. The second-order valence-electron chi connectivity index (χ2n) is 12.3. The van der Waals surface area contributed by atoms with Crippen molar-refractivity contribution in [3.8, 4) is 45.0 Å². The van der Waals surface area contributed by atoms with Crippen LogP contribution in [0.25, 0.3) is 56.2 Å². The summed E-state index contributed by atoms with van der Waals surface area (Å²) in [6, 6.07) is 44.7. The van der Waals surface area contributed by atoms with Crippen molar-refractivity contribution in [1.29, 1.82) is 0 Å². The first kappa shape index (κ1) is 29.8. The Labute approximate surface area is 277 Å². The van der Waals surface area contributed by atoms with Gasteiger partial charge in [-0.2, -0.15) is 0 Å². The highest BCUT2D eigenvalue weighted by atomic mass is 15.0. The van der Waals surface area contributed by atoms with E-state index in [0.29, 0.717) is 17.5 Å².